The third-order valence-electron chi connectivity index (χ3n) is 9.89. The van der Waals surface area contributed by atoms with Gasteiger partial charge in [0.2, 0.25) is 0 Å². The minimum Gasteiger partial charge on any atom is -0.456 e. The van der Waals surface area contributed by atoms with Crippen LogP contribution in [0.25, 0.3) is 75.5 Å². The van der Waals surface area contributed by atoms with E-state index in [4.69, 9.17) is 4.42 Å². The van der Waals surface area contributed by atoms with E-state index in [1.807, 2.05) is 23.5 Å². The zero-order valence-corrected chi connectivity index (χ0v) is 28.5. The molecule has 2 aromatic heterocycles. The molecule has 0 spiro atoms. The Kier molecular flexibility index (Phi) is 7.04. The molecule has 0 radical (unpaired) electrons. The van der Waals surface area contributed by atoms with Crippen LogP contribution in [0.15, 0.2) is 192 Å². The molecular formula is C48H31NOS. The van der Waals surface area contributed by atoms with Crippen LogP contribution in [0.4, 0.5) is 17.1 Å². The molecule has 0 fully saturated rings. The zero-order chi connectivity index (χ0) is 33.7. The maximum Gasteiger partial charge on any atom is 0.136 e. The largest absolute Gasteiger partial charge is 0.456 e. The highest BCUT2D eigenvalue weighted by Gasteiger charge is 2.21. The number of fused-ring (bicyclic) bond motifs is 6. The highest BCUT2D eigenvalue weighted by atomic mass is 32.1. The van der Waals surface area contributed by atoms with Gasteiger partial charge in [-0.25, -0.2) is 0 Å². The zero-order valence-electron chi connectivity index (χ0n) is 27.7. The lowest BCUT2D eigenvalue weighted by atomic mass is 9.93. The van der Waals surface area contributed by atoms with Crippen molar-refractivity contribution in [3.8, 4) is 33.4 Å². The Bertz CT molecular complexity index is 2850. The van der Waals surface area contributed by atoms with E-state index in [-0.39, 0.29) is 0 Å². The number of para-hydroxylation sites is 1. The molecular weight excluding hydrogens is 639 g/mol. The molecule has 0 amide bonds. The topological polar surface area (TPSA) is 16.4 Å². The average Bonchev–Trinajstić information content (AvgIpc) is 3.78. The summed E-state index contributed by atoms with van der Waals surface area (Å²) < 4.78 is 8.95. The van der Waals surface area contributed by atoms with Gasteiger partial charge in [0, 0.05) is 37.6 Å². The SMILES string of the molecule is c1ccc(-c2ccc(N(c3ccc(-c4ccccc4)c(-c4ccc5c(c4)oc4ccccc45)c3)c3cccc4c3sc3ccccc34)cc2)cc1. The van der Waals surface area contributed by atoms with E-state index >= 15 is 0 Å². The highest BCUT2D eigenvalue weighted by molar-refractivity contribution is 7.26. The summed E-state index contributed by atoms with van der Waals surface area (Å²) in [5.74, 6) is 0. The highest BCUT2D eigenvalue weighted by Crippen LogP contribution is 2.47. The van der Waals surface area contributed by atoms with Crippen molar-refractivity contribution in [2.45, 2.75) is 0 Å². The molecule has 0 aliphatic heterocycles. The standard InChI is InChI=1S/C48H31NOS/c1-3-12-32(13-4-1)33-22-25-36(26-23-33)49(44-19-11-18-42-41-17-8-10-21-47(41)51-48(42)44)37-27-29-38(34-14-5-2-6-15-34)43(31-37)35-24-28-40-39-16-7-9-20-45(39)50-46(40)30-35/h1-31H. The van der Waals surface area contributed by atoms with Crippen molar-refractivity contribution >= 4 is 70.5 Å². The molecule has 10 rings (SSSR count). The molecule has 0 saturated heterocycles. The van der Waals surface area contributed by atoms with Crippen molar-refractivity contribution in [1.29, 1.82) is 0 Å². The van der Waals surface area contributed by atoms with Crippen LogP contribution >= 0.6 is 11.3 Å². The summed E-state index contributed by atoms with van der Waals surface area (Å²) >= 11 is 1.86. The first-order chi connectivity index (χ1) is 25.3. The van der Waals surface area contributed by atoms with Gasteiger partial charge in [0.05, 0.1) is 10.4 Å². The van der Waals surface area contributed by atoms with Gasteiger partial charge in [-0.15, -0.1) is 11.3 Å². The maximum absolute atomic E-state index is 6.39. The van der Waals surface area contributed by atoms with Crippen molar-refractivity contribution < 1.29 is 4.42 Å². The van der Waals surface area contributed by atoms with Crippen molar-refractivity contribution in [3.05, 3.63) is 188 Å². The van der Waals surface area contributed by atoms with Gasteiger partial charge < -0.3 is 9.32 Å². The number of hydrogen-bond acceptors (Lipinski definition) is 3. The molecule has 0 aliphatic rings. The van der Waals surface area contributed by atoms with Crippen molar-refractivity contribution in [1.82, 2.24) is 0 Å². The number of thiophene rings is 1. The number of rotatable bonds is 6. The number of furan rings is 1. The Hall–Kier alpha value is -6.42. The Balaban J connectivity index is 1.20. The molecule has 0 bridgehead atoms. The summed E-state index contributed by atoms with van der Waals surface area (Å²) in [5, 5.41) is 4.83. The van der Waals surface area contributed by atoms with Crippen LogP contribution in [-0.2, 0) is 0 Å². The van der Waals surface area contributed by atoms with Crippen molar-refractivity contribution in [2.24, 2.45) is 0 Å². The van der Waals surface area contributed by atoms with E-state index in [1.54, 1.807) is 0 Å². The summed E-state index contributed by atoms with van der Waals surface area (Å²) in [6.07, 6.45) is 0. The normalized spacial score (nSPS) is 11.5. The molecule has 51 heavy (non-hydrogen) atoms. The van der Waals surface area contributed by atoms with Crippen LogP contribution in [0.5, 0.6) is 0 Å². The first-order valence-electron chi connectivity index (χ1n) is 17.3. The van der Waals surface area contributed by atoms with E-state index in [0.29, 0.717) is 0 Å². The third kappa shape index (κ3) is 5.10. The minimum atomic E-state index is 0.890. The summed E-state index contributed by atoms with van der Waals surface area (Å²) in [6.45, 7) is 0. The van der Waals surface area contributed by atoms with E-state index < -0.39 is 0 Å². The number of hydrogen-bond donors (Lipinski definition) is 0. The van der Waals surface area contributed by atoms with Gasteiger partial charge in [-0.1, -0.05) is 133 Å². The average molecular weight is 670 g/mol. The van der Waals surface area contributed by atoms with Crippen LogP contribution in [-0.4, -0.2) is 0 Å². The second-order valence-corrected chi connectivity index (χ2v) is 14.0. The first-order valence-corrected chi connectivity index (χ1v) is 18.1. The molecule has 240 valence electrons. The van der Waals surface area contributed by atoms with Gasteiger partial charge in [0.15, 0.2) is 0 Å². The molecule has 2 heterocycles. The summed E-state index contributed by atoms with van der Waals surface area (Å²) in [5.41, 5.74) is 12.2. The molecule has 0 N–H and O–H groups in total. The van der Waals surface area contributed by atoms with Gasteiger partial charge in [-0.2, -0.15) is 0 Å². The van der Waals surface area contributed by atoms with E-state index in [2.05, 4.69) is 181 Å². The predicted molar refractivity (Wildman–Crippen MR) is 218 cm³/mol. The minimum absolute atomic E-state index is 0.890. The molecule has 0 saturated carbocycles. The molecule has 10 aromatic rings. The monoisotopic (exact) mass is 669 g/mol. The number of benzene rings is 8. The van der Waals surface area contributed by atoms with Crippen LogP contribution in [0.1, 0.15) is 0 Å². The summed E-state index contributed by atoms with van der Waals surface area (Å²) in [7, 11) is 0. The van der Waals surface area contributed by atoms with Gasteiger partial charge in [-0.3, -0.25) is 0 Å². The first kappa shape index (κ1) is 29.5. The van der Waals surface area contributed by atoms with Gasteiger partial charge in [-0.05, 0) is 88.0 Å². The van der Waals surface area contributed by atoms with Crippen molar-refractivity contribution in [2.75, 3.05) is 4.90 Å². The lowest BCUT2D eigenvalue weighted by molar-refractivity contribution is 0.669. The lowest BCUT2D eigenvalue weighted by Gasteiger charge is -2.27. The predicted octanol–water partition coefficient (Wildman–Crippen LogP) is 14.4. The van der Waals surface area contributed by atoms with E-state index in [1.165, 1.54) is 42.4 Å². The second-order valence-electron chi connectivity index (χ2n) is 12.9. The fraction of sp³-hybridized carbons (Fsp3) is 0. The van der Waals surface area contributed by atoms with Gasteiger partial charge >= 0.3 is 0 Å². The Morgan fingerprint density at radius 2 is 1.00 bits per heavy atom. The third-order valence-corrected chi connectivity index (χ3v) is 11.1. The molecule has 0 unspecified atom stereocenters. The van der Waals surface area contributed by atoms with Crippen LogP contribution in [0, 0.1) is 0 Å². The molecule has 8 aromatic carbocycles. The Morgan fingerprint density at radius 3 is 1.82 bits per heavy atom. The second kappa shape index (κ2) is 12.2. The number of nitrogens with zero attached hydrogens (tertiary/aromatic N) is 1. The van der Waals surface area contributed by atoms with Crippen LogP contribution in [0.2, 0.25) is 0 Å². The van der Waals surface area contributed by atoms with E-state index in [0.717, 1.165) is 50.1 Å². The van der Waals surface area contributed by atoms with E-state index in [9.17, 15) is 0 Å². The van der Waals surface area contributed by atoms with Gasteiger partial charge in [0.1, 0.15) is 11.2 Å². The summed E-state index contributed by atoms with van der Waals surface area (Å²) in [4.78, 5) is 2.42. The molecule has 3 heteroatoms. The van der Waals surface area contributed by atoms with Crippen molar-refractivity contribution in [3.63, 3.8) is 0 Å². The smallest absolute Gasteiger partial charge is 0.136 e. The fourth-order valence-corrected chi connectivity index (χ4v) is 8.65. The molecule has 2 nitrogen and oxygen atoms in total. The Morgan fingerprint density at radius 1 is 0.373 bits per heavy atom. The fourth-order valence-electron chi connectivity index (χ4n) is 7.44. The molecule has 0 aliphatic carbocycles. The number of anilines is 3. The maximum atomic E-state index is 6.39. The van der Waals surface area contributed by atoms with Crippen LogP contribution < -0.4 is 4.90 Å². The molecule has 0 atom stereocenters. The van der Waals surface area contributed by atoms with Crippen LogP contribution in [0.3, 0.4) is 0 Å². The lowest BCUT2D eigenvalue weighted by Crippen LogP contribution is -2.10. The van der Waals surface area contributed by atoms with Gasteiger partial charge in [0.25, 0.3) is 0 Å². The summed E-state index contributed by atoms with van der Waals surface area (Å²) in [6, 6.07) is 67.5. The Labute approximate surface area is 300 Å². The quantitative estimate of drug-likeness (QED) is 0.175.